The summed E-state index contributed by atoms with van der Waals surface area (Å²) in [5.41, 5.74) is 1.20. The highest BCUT2D eigenvalue weighted by atomic mass is 16.5. The third-order valence-electron chi connectivity index (χ3n) is 2.98. The van der Waals surface area contributed by atoms with Crippen LogP contribution in [0.15, 0.2) is 24.3 Å². The Balaban J connectivity index is 2.20. The maximum absolute atomic E-state index is 9.05. The molecule has 0 aromatic heterocycles. The molecule has 0 amide bonds. The monoisotopic (exact) mass is 216 g/mol. The second-order valence-corrected chi connectivity index (χ2v) is 4.01. The van der Waals surface area contributed by atoms with Crippen LogP contribution in [-0.4, -0.2) is 19.7 Å². The van der Waals surface area contributed by atoms with Crippen molar-refractivity contribution < 1.29 is 4.74 Å². The van der Waals surface area contributed by atoms with Crippen LogP contribution in [-0.2, 0) is 0 Å². The van der Waals surface area contributed by atoms with Gasteiger partial charge in [-0.25, -0.2) is 0 Å². The molecule has 2 atom stereocenters. The predicted octanol–water partition coefficient (Wildman–Crippen LogP) is 1.91. The van der Waals surface area contributed by atoms with E-state index in [-0.39, 0.29) is 5.92 Å². The van der Waals surface area contributed by atoms with Crippen molar-refractivity contribution in [3.63, 3.8) is 0 Å². The highest BCUT2D eigenvalue weighted by Crippen LogP contribution is 2.29. The Morgan fingerprint density at radius 2 is 2.38 bits per heavy atom. The van der Waals surface area contributed by atoms with E-state index in [1.807, 2.05) is 25.1 Å². The van der Waals surface area contributed by atoms with Crippen molar-refractivity contribution in [2.75, 3.05) is 19.7 Å². The van der Waals surface area contributed by atoms with Gasteiger partial charge in [0.25, 0.3) is 0 Å². The van der Waals surface area contributed by atoms with Crippen LogP contribution in [0.5, 0.6) is 5.75 Å². The molecule has 1 heterocycles. The van der Waals surface area contributed by atoms with Gasteiger partial charge in [-0.2, -0.15) is 5.26 Å². The summed E-state index contributed by atoms with van der Waals surface area (Å²) in [5, 5.41) is 12.3. The summed E-state index contributed by atoms with van der Waals surface area (Å²) in [6, 6.07) is 10.4. The number of hydrogen-bond acceptors (Lipinski definition) is 3. The number of rotatable bonds is 3. The second kappa shape index (κ2) is 5.00. The fourth-order valence-electron chi connectivity index (χ4n) is 2.17. The minimum atomic E-state index is 0.0804. The van der Waals surface area contributed by atoms with E-state index in [2.05, 4.69) is 17.5 Å². The molecule has 1 aromatic rings. The molecule has 3 heteroatoms. The van der Waals surface area contributed by atoms with E-state index in [0.717, 1.165) is 18.8 Å². The first-order valence-corrected chi connectivity index (χ1v) is 5.68. The van der Waals surface area contributed by atoms with Crippen molar-refractivity contribution in [1.29, 1.82) is 5.26 Å². The van der Waals surface area contributed by atoms with E-state index in [0.29, 0.717) is 12.5 Å². The van der Waals surface area contributed by atoms with Crippen LogP contribution < -0.4 is 10.1 Å². The molecule has 1 aliphatic rings. The maximum atomic E-state index is 9.05. The number of ether oxygens (including phenoxy) is 1. The molecular weight excluding hydrogens is 200 g/mol. The molecule has 0 radical (unpaired) electrons. The van der Waals surface area contributed by atoms with Gasteiger partial charge in [0.2, 0.25) is 0 Å². The molecule has 84 valence electrons. The molecule has 1 N–H and O–H groups in total. The zero-order valence-corrected chi connectivity index (χ0v) is 9.44. The van der Waals surface area contributed by atoms with Gasteiger partial charge in [-0.1, -0.05) is 12.1 Å². The third-order valence-corrected chi connectivity index (χ3v) is 2.98. The summed E-state index contributed by atoms with van der Waals surface area (Å²) in [7, 11) is 0. The minimum absolute atomic E-state index is 0.0804. The van der Waals surface area contributed by atoms with Crippen LogP contribution in [0, 0.1) is 17.2 Å². The summed E-state index contributed by atoms with van der Waals surface area (Å²) in [5.74, 6) is 1.27. The van der Waals surface area contributed by atoms with Gasteiger partial charge in [-0.05, 0) is 24.6 Å². The largest absolute Gasteiger partial charge is 0.494 e. The smallest absolute Gasteiger partial charge is 0.119 e. The predicted molar refractivity (Wildman–Crippen MR) is 62.3 cm³/mol. The quantitative estimate of drug-likeness (QED) is 0.839. The van der Waals surface area contributed by atoms with Crippen LogP contribution in [0.25, 0.3) is 0 Å². The molecule has 0 aliphatic carbocycles. The summed E-state index contributed by atoms with van der Waals surface area (Å²) in [4.78, 5) is 0. The summed E-state index contributed by atoms with van der Waals surface area (Å²) in [6.45, 7) is 4.32. The molecule has 0 unspecified atom stereocenters. The highest BCUT2D eigenvalue weighted by molar-refractivity contribution is 5.33. The van der Waals surface area contributed by atoms with Crippen molar-refractivity contribution in [2.45, 2.75) is 12.8 Å². The number of benzene rings is 1. The molecule has 0 bridgehead atoms. The lowest BCUT2D eigenvalue weighted by Gasteiger charge is -2.13. The van der Waals surface area contributed by atoms with Crippen LogP contribution in [0.1, 0.15) is 18.4 Å². The Bertz CT molecular complexity index is 397. The Morgan fingerprint density at radius 3 is 3.12 bits per heavy atom. The van der Waals surface area contributed by atoms with Crippen molar-refractivity contribution in [3.05, 3.63) is 29.8 Å². The van der Waals surface area contributed by atoms with Crippen LogP contribution in [0.3, 0.4) is 0 Å². The fourth-order valence-corrected chi connectivity index (χ4v) is 2.17. The molecule has 0 spiro atoms. The number of nitrogens with one attached hydrogen (secondary N) is 1. The Labute approximate surface area is 96.0 Å². The van der Waals surface area contributed by atoms with Crippen molar-refractivity contribution in [1.82, 2.24) is 5.32 Å². The lowest BCUT2D eigenvalue weighted by Crippen LogP contribution is -2.08. The zero-order chi connectivity index (χ0) is 11.4. The summed E-state index contributed by atoms with van der Waals surface area (Å²) in [6.07, 6.45) is 0. The lowest BCUT2D eigenvalue weighted by atomic mass is 9.90. The molecule has 16 heavy (non-hydrogen) atoms. The van der Waals surface area contributed by atoms with Gasteiger partial charge in [-0.3, -0.25) is 0 Å². The van der Waals surface area contributed by atoms with Crippen LogP contribution in [0.4, 0.5) is 0 Å². The topological polar surface area (TPSA) is 45.0 Å². The van der Waals surface area contributed by atoms with E-state index in [1.54, 1.807) is 0 Å². The average Bonchev–Trinajstić information content (AvgIpc) is 2.78. The number of nitrogens with zero attached hydrogens (tertiary/aromatic N) is 1. The standard InChI is InChI=1S/C13H16N2O/c1-2-16-12-5-3-4-10(6-12)13-9-15-8-11(13)7-14/h3-6,11,13,15H,2,8-9H2,1H3/t11-,13+/m1/s1. The van der Waals surface area contributed by atoms with E-state index in [1.165, 1.54) is 5.56 Å². The Hall–Kier alpha value is -1.53. The number of nitriles is 1. The first-order valence-electron chi connectivity index (χ1n) is 5.68. The molecule has 2 rings (SSSR count). The van der Waals surface area contributed by atoms with Gasteiger partial charge in [0.05, 0.1) is 18.6 Å². The lowest BCUT2D eigenvalue weighted by molar-refractivity contribution is 0.339. The molecule has 0 saturated carbocycles. The minimum Gasteiger partial charge on any atom is -0.494 e. The van der Waals surface area contributed by atoms with Gasteiger partial charge in [0.1, 0.15) is 5.75 Å². The van der Waals surface area contributed by atoms with E-state index in [9.17, 15) is 0 Å². The van der Waals surface area contributed by atoms with E-state index in [4.69, 9.17) is 10.00 Å². The van der Waals surface area contributed by atoms with E-state index >= 15 is 0 Å². The normalized spacial score (nSPS) is 24.0. The summed E-state index contributed by atoms with van der Waals surface area (Å²) < 4.78 is 5.47. The Morgan fingerprint density at radius 1 is 1.50 bits per heavy atom. The summed E-state index contributed by atoms with van der Waals surface area (Å²) >= 11 is 0. The van der Waals surface area contributed by atoms with Crippen molar-refractivity contribution in [3.8, 4) is 11.8 Å². The molecule has 1 aromatic carbocycles. The van der Waals surface area contributed by atoms with Gasteiger partial charge >= 0.3 is 0 Å². The van der Waals surface area contributed by atoms with Crippen molar-refractivity contribution in [2.24, 2.45) is 5.92 Å². The number of hydrogen-bond donors (Lipinski definition) is 1. The van der Waals surface area contributed by atoms with Gasteiger partial charge in [0.15, 0.2) is 0 Å². The van der Waals surface area contributed by atoms with Gasteiger partial charge in [-0.15, -0.1) is 0 Å². The average molecular weight is 216 g/mol. The first-order chi connectivity index (χ1) is 7.85. The second-order valence-electron chi connectivity index (χ2n) is 4.01. The molecule has 1 fully saturated rings. The first kappa shape index (κ1) is 11.0. The third kappa shape index (κ3) is 2.17. The van der Waals surface area contributed by atoms with Crippen LogP contribution >= 0.6 is 0 Å². The molecule has 1 saturated heterocycles. The SMILES string of the molecule is CCOc1cccc([C@@H]2CNC[C@H]2C#N)c1. The maximum Gasteiger partial charge on any atom is 0.119 e. The van der Waals surface area contributed by atoms with Crippen LogP contribution in [0.2, 0.25) is 0 Å². The molecule has 1 aliphatic heterocycles. The molecular formula is C13H16N2O. The van der Waals surface area contributed by atoms with E-state index < -0.39 is 0 Å². The zero-order valence-electron chi connectivity index (χ0n) is 9.44. The molecule has 3 nitrogen and oxygen atoms in total. The fraction of sp³-hybridized carbons (Fsp3) is 0.462. The van der Waals surface area contributed by atoms with Gasteiger partial charge < -0.3 is 10.1 Å². The Kier molecular flexibility index (Phi) is 3.43. The van der Waals surface area contributed by atoms with Gasteiger partial charge in [0, 0.05) is 19.0 Å². The van der Waals surface area contributed by atoms with Crippen molar-refractivity contribution >= 4 is 0 Å². The highest BCUT2D eigenvalue weighted by Gasteiger charge is 2.28.